The van der Waals surface area contributed by atoms with Crippen LogP contribution in [0.25, 0.3) is 5.53 Å². The van der Waals surface area contributed by atoms with Gasteiger partial charge in [0.15, 0.2) is 0 Å². The van der Waals surface area contributed by atoms with Gasteiger partial charge in [-0.05, 0) is 94.1 Å². The van der Waals surface area contributed by atoms with Crippen LogP contribution in [0.15, 0.2) is 78.9 Å². The Kier molecular flexibility index (Phi) is 11.5. The monoisotopic (exact) mass is 695 g/mol. The van der Waals surface area contributed by atoms with Crippen LogP contribution in [-0.2, 0) is 25.6 Å². The molecule has 3 aromatic rings. The number of carbonyl (C=O) groups excluding carboxylic acids is 5. The van der Waals surface area contributed by atoms with Crippen molar-refractivity contribution < 1.29 is 38.2 Å². The number of nitrogens with one attached hydrogen (secondary N) is 3. The Labute approximate surface area is 295 Å². The minimum Gasteiger partial charge on any atom is -0.488 e. The molecule has 5 amide bonds. The number of amides is 5. The number of nitrogens with zero attached hydrogens (tertiary/aromatic N) is 4. The van der Waals surface area contributed by atoms with Crippen LogP contribution in [-0.4, -0.2) is 80.8 Å². The average molecular weight is 696 g/mol. The van der Waals surface area contributed by atoms with Crippen LogP contribution in [0.4, 0.5) is 10.5 Å². The number of carbonyl (C=O) groups is 5. The van der Waals surface area contributed by atoms with Gasteiger partial charge in [0.1, 0.15) is 41.0 Å². The molecule has 14 heteroatoms. The van der Waals surface area contributed by atoms with Gasteiger partial charge in [-0.3, -0.25) is 24.2 Å². The molecule has 0 saturated carbocycles. The first-order valence-corrected chi connectivity index (χ1v) is 16.7. The summed E-state index contributed by atoms with van der Waals surface area (Å²) >= 11 is 0. The maximum atomic E-state index is 14.0. The van der Waals surface area contributed by atoms with E-state index in [0.29, 0.717) is 41.1 Å². The number of benzene rings is 3. The first-order chi connectivity index (χ1) is 24.4. The van der Waals surface area contributed by atoms with Gasteiger partial charge in [-0.1, -0.05) is 30.3 Å². The standard InChI is InChI=1S/C37H41N7O7/c1-37(2,3)51-28-15-11-24(12-16-28)22-30(32(45)23-39-38)41-34(47)31-10-7-21-43-33(46)20-19-29(35(48)44(31)43)42-36(49)40-25-13-17-27(18-14-25)50-26-8-5-4-6-9-26/h4-6,8-9,11-18,23,29-31H,7,10,19-22H2,1-3H3,(H,41,47)(H2,40,42,49)/t29-,30-,31-/m0/s1. The fourth-order valence-electron chi connectivity index (χ4n) is 5.88. The molecule has 0 aliphatic carbocycles. The molecule has 2 fully saturated rings. The van der Waals surface area contributed by atoms with Crippen molar-refractivity contribution >= 4 is 41.4 Å². The lowest BCUT2D eigenvalue weighted by Crippen LogP contribution is -2.64. The van der Waals surface area contributed by atoms with Crippen LogP contribution in [0.3, 0.4) is 0 Å². The second-order valence-corrected chi connectivity index (χ2v) is 13.3. The van der Waals surface area contributed by atoms with E-state index in [1.165, 1.54) is 5.01 Å². The summed E-state index contributed by atoms with van der Waals surface area (Å²) in [6, 6.07) is 18.9. The normalized spacial score (nSPS) is 17.9. The Morgan fingerprint density at radius 3 is 2.27 bits per heavy atom. The van der Waals surface area contributed by atoms with Crippen LogP contribution in [0.5, 0.6) is 17.2 Å². The molecule has 2 saturated heterocycles. The van der Waals surface area contributed by atoms with Gasteiger partial charge in [-0.25, -0.2) is 9.80 Å². The maximum absolute atomic E-state index is 14.0. The van der Waals surface area contributed by atoms with Gasteiger partial charge in [-0.15, -0.1) is 0 Å². The molecule has 0 bridgehead atoms. The maximum Gasteiger partial charge on any atom is 0.325 e. The number of Topliss-reactive ketones (excluding diaryl/α,β-unsaturated/α-hetero) is 1. The highest BCUT2D eigenvalue weighted by molar-refractivity contribution is 6.28. The molecule has 2 heterocycles. The van der Waals surface area contributed by atoms with E-state index < -0.39 is 47.4 Å². The third kappa shape index (κ3) is 9.79. The molecular weight excluding hydrogens is 654 g/mol. The van der Waals surface area contributed by atoms with Gasteiger partial charge in [0.2, 0.25) is 11.8 Å². The van der Waals surface area contributed by atoms with Crippen molar-refractivity contribution in [2.75, 3.05) is 11.9 Å². The van der Waals surface area contributed by atoms with Crippen LogP contribution in [0.2, 0.25) is 0 Å². The minimum atomic E-state index is -1.14. The predicted octanol–water partition coefficient (Wildman–Crippen LogP) is 4.27. The van der Waals surface area contributed by atoms with E-state index >= 15 is 0 Å². The van der Waals surface area contributed by atoms with E-state index in [9.17, 15) is 24.0 Å². The molecule has 0 unspecified atom stereocenters. The highest BCUT2D eigenvalue weighted by Crippen LogP contribution is 2.26. The van der Waals surface area contributed by atoms with Crippen molar-refractivity contribution in [3.8, 4) is 17.2 Å². The third-order valence-electron chi connectivity index (χ3n) is 8.19. The number of ether oxygens (including phenoxy) is 2. The molecular formula is C37H41N7O7. The van der Waals surface area contributed by atoms with Crippen molar-refractivity contribution in [2.24, 2.45) is 0 Å². The van der Waals surface area contributed by atoms with Gasteiger partial charge >= 0.3 is 12.2 Å². The zero-order chi connectivity index (χ0) is 36.5. The molecule has 2 aliphatic rings. The lowest BCUT2D eigenvalue weighted by molar-refractivity contribution is -0.176. The Balaban J connectivity index is 1.26. The zero-order valence-corrected chi connectivity index (χ0v) is 28.7. The van der Waals surface area contributed by atoms with Gasteiger partial charge in [0.25, 0.3) is 11.7 Å². The summed E-state index contributed by atoms with van der Waals surface area (Å²) in [5, 5.41) is 10.4. The van der Waals surface area contributed by atoms with E-state index in [4.69, 9.17) is 15.0 Å². The summed E-state index contributed by atoms with van der Waals surface area (Å²) in [4.78, 5) is 69.8. The van der Waals surface area contributed by atoms with E-state index in [-0.39, 0.29) is 38.1 Å². The number of rotatable bonds is 11. The van der Waals surface area contributed by atoms with Crippen LogP contribution >= 0.6 is 0 Å². The number of ketones is 1. The smallest absolute Gasteiger partial charge is 0.325 e. The topological polar surface area (TPSA) is 183 Å². The Hall–Kier alpha value is -6.01. The molecule has 3 N–H and O–H groups in total. The molecule has 51 heavy (non-hydrogen) atoms. The van der Waals surface area contributed by atoms with Crippen LogP contribution < -0.4 is 25.4 Å². The average Bonchev–Trinajstić information content (AvgIpc) is 3.21. The molecule has 266 valence electrons. The zero-order valence-electron chi connectivity index (χ0n) is 28.7. The Morgan fingerprint density at radius 1 is 0.941 bits per heavy atom. The molecule has 3 atom stereocenters. The molecule has 0 radical (unpaired) electrons. The van der Waals surface area contributed by atoms with Gasteiger partial charge < -0.3 is 31.0 Å². The van der Waals surface area contributed by atoms with Crippen molar-refractivity contribution in [1.29, 1.82) is 0 Å². The van der Waals surface area contributed by atoms with Gasteiger partial charge in [0.05, 0.1) is 0 Å². The van der Waals surface area contributed by atoms with Crippen LogP contribution in [0.1, 0.15) is 52.0 Å². The summed E-state index contributed by atoms with van der Waals surface area (Å²) in [6.45, 7) is 5.98. The van der Waals surface area contributed by atoms with Crippen molar-refractivity contribution in [2.45, 2.75) is 76.6 Å². The lowest BCUT2D eigenvalue weighted by atomic mass is 10.0. The second-order valence-electron chi connectivity index (χ2n) is 13.3. The quantitative estimate of drug-likeness (QED) is 0.152. The SMILES string of the molecule is CC(C)(C)Oc1ccc(C[C@H](NC(=O)[C@@H]2CCCN3C(=O)CC[C@H](NC(=O)Nc4ccc(Oc5ccccc5)cc4)C(=O)N23)C(=O)C=[N+]=[N-])cc1. The summed E-state index contributed by atoms with van der Waals surface area (Å²) in [6.07, 6.45) is 1.40. The van der Waals surface area contributed by atoms with E-state index in [1.54, 1.807) is 48.5 Å². The Morgan fingerprint density at radius 2 is 1.61 bits per heavy atom. The largest absolute Gasteiger partial charge is 0.488 e. The molecule has 14 nitrogen and oxygen atoms in total. The lowest BCUT2D eigenvalue weighted by Gasteiger charge is -2.43. The first kappa shape index (κ1) is 36.3. The first-order valence-electron chi connectivity index (χ1n) is 16.7. The second kappa shape index (κ2) is 16.1. The Bertz CT molecular complexity index is 1790. The number of hydrogen-bond donors (Lipinski definition) is 3. The highest BCUT2D eigenvalue weighted by Gasteiger charge is 2.45. The van der Waals surface area contributed by atoms with Crippen LogP contribution in [0, 0.1) is 0 Å². The predicted molar refractivity (Wildman–Crippen MR) is 187 cm³/mol. The number of urea groups is 1. The fourth-order valence-corrected chi connectivity index (χ4v) is 5.88. The summed E-state index contributed by atoms with van der Waals surface area (Å²) < 4.78 is 11.6. The fraction of sp³-hybridized carbons (Fsp3) is 0.351. The number of fused-ring (bicyclic) bond motifs is 1. The van der Waals surface area contributed by atoms with Gasteiger partial charge in [0, 0.05) is 25.1 Å². The molecule has 5 rings (SSSR count). The summed E-state index contributed by atoms with van der Waals surface area (Å²) in [7, 11) is 0. The number of anilines is 1. The minimum absolute atomic E-state index is 0.0271. The third-order valence-corrected chi connectivity index (χ3v) is 8.19. The summed E-state index contributed by atoms with van der Waals surface area (Å²) in [5.41, 5.74) is 9.80. The van der Waals surface area contributed by atoms with E-state index in [0.717, 1.165) is 5.01 Å². The number of hydrazine groups is 1. The highest BCUT2D eigenvalue weighted by atomic mass is 16.5. The van der Waals surface area contributed by atoms with E-state index in [1.807, 2.05) is 51.1 Å². The molecule has 3 aromatic carbocycles. The summed E-state index contributed by atoms with van der Waals surface area (Å²) in [5.74, 6) is -0.466. The van der Waals surface area contributed by atoms with Crippen molar-refractivity contribution in [3.63, 3.8) is 0 Å². The number of hydrogen-bond acceptors (Lipinski definition) is 7. The molecule has 0 spiro atoms. The van der Waals surface area contributed by atoms with Crippen molar-refractivity contribution in [1.82, 2.24) is 20.7 Å². The molecule has 2 aliphatic heterocycles. The van der Waals surface area contributed by atoms with E-state index in [2.05, 4.69) is 20.7 Å². The number of para-hydroxylation sites is 1. The van der Waals surface area contributed by atoms with Gasteiger partial charge in [-0.2, -0.15) is 4.79 Å². The molecule has 0 aromatic heterocycles. The van der Waals surface area contributed by atoms with Crippen molar-refractivity contribution in [3.05, 3.63) is 90.0 Å².